The molecule has 86 valence electrons. The van der Waals surface area contributed by atoms with E-state index in [0.717, 1.165) is 16.8 Å². The lowest BCUT2D eigenvalue weighted by atomic mass is 10.1. The van der Waals surface area contributed by atoms with Crippen molar-refractivity contribution in [3.8, 4) is 0 Å². The van der Waals surface area contributed by atoms with Gasteiger partial charge in [-0.25, -0.2) is 4.79 Å². The largest absolute Gasteiger partial charge is 0.464 e. The van der Waals surface area contributed by atoms with E-state index < -0.39 is 5.97 Å². The highest BCUT2D eigenvalue weighted by molar-refractivity contribution is 6.82. The summed E-state index contributed by atoms with van der Waals surface area (Å²) in [6.45, 7) is 3.95. The van der Waals surface area contributed by atoms with Crippen LogP contribution in [0.15, 0.2) is 23.3 Å². The Balaban J connectivity index is 2.82. The van der Waals surface area contributed by atoms with E-state index in [-0.39, 0.29) is 5.17 Å². The first kappa shape index (κ1) is 12.5. The van der Waals surface area contributed by atoms with Crippen LogP contribution in [0.3, 0.4) is 0 Å². The maximum Gasteiger partial charge on any atom is 0.370 e. The molecular weight excluding hydrogens is 228 g/mol. The molecule has 0 saturated carbocycles. The fraction of sp³-hybridized carbons (Fsp3) is 0.273. The van der Waals surface area contributed by atoms with E-state index >= 15 is 0 Å². The van der Waals surface area contributed by atoms with Crippen LogP contribution in [0.25, 0.3) is 0 Å². The molecule has 0 aliphatic carbocycles. The number of methoxy groups -OCH3 is 1. The summed E-state index contributed by atoms with van der Waals surface area (Å²) in [6.07, 6.45) is 0. The van der Waals surface area contributed by atoms with Gasteiger partial charge in [-0.05, 0) is 31.0 Å². The second-order valence-corrected chi connectivity index (χ2v) is 3.61. The molecule has 1 aromatic carbocycles. The predicted octanol–water partition coefficient (Wildman–Crippen LogP) is 2.44. The third-order valence-corrected chi connectivity index (χ3v) is 2.47. The third kappa shape index (κ3) is 2.97. The van der Waals surface area contributed by atoms with Gasteiger partial charge in [0.25, 0.3) is 0 Å². The van der Waals surface area contributed by atoms with Crippen molar-refractivity contribution >= 4 is 28.4 Å². The zero-order valence-electron chi connectivity index (χ0n) is 9.37. The van der Waals surface area contributed by atoms with Crippen molar-refractivity contribution in [2.75, 3.05) is 12.5 Å². The Morgan fingerprint density at radius 3 is 2.75 bits per heavy atom. The van der Waals surface area contributed by atoms with Crippen molar-refractivity contribution in [3.05, 3.63) is 29.3 Å². The van der Waals surface area contributed by atoms with Crippen molar-refractivity contribution < 1.29 is 9.53 Å². The van der Waals surface area contributed by atoms with Crippen LogP contribution in [0.4, 0.5) is 5.69 Å². The van der Waals surface area contributed by atoms with Crippen LogP contribution >= 0.6 is 11.6 Å². The molecule has 0 bridgehead atoms. The number of hydrogen-bond donors (Lipinski definition) is 1. The summed E-state index contributed by atoms with van der Waals surface area (Å²) in [6, 6.07) is 5.74. The number of carbonyl (C=O) groups excluding carboxylic acids is 1. The first-order valence-electron chi connectivity index (χ1n) is 4.70. The molecule has 0 aliphatic heterocycles. The molecule has 0 amide bonds. The minimum atomic E-state index is -0.667. The standard InChI is InChI=1S/C11H13ClN2O2/c1-7-5-4-6-9(8(7)2)13-14-10(12)11(15)16-3/h4-6,13H,1-3H3/b14-10+. The third-order valence-electron chi connectivity index (χ3n) is 2.23. The number of anilines is 1. The molecule has 0 unspecified atom stereocenters. The van der Waals surface area contributed by atoms with Gasteiger partial charge in [0, 0.05) is 0 Å². The molecular formula is C11H13ClN2O2. The molecule has 1 rings (SSSR count). The fourth-order valence-electron chi connectivity index (χ4n) is 1.11. The van der Waals surface area contributed by atoms with Crippen molar-refractivity contribution in [2.45, 2.75) is 13.8 Å². The van der Waals surface area contributed by atoms with Gasteiger partial charge in [-0.3, -0.25) is 5.43 Å². The number of hydrazone groups is 1. The van der Waals surface area contributed by atoms with Crippen LogP contribution in [0, 0.1) is 13.8 Å². The molecule has 5 heteroatoms. The number of carbonyl (C=O) groups is 1. The number of nitrogens with zero attached hydrogens (tertiary/aromatic N) is 1. The molecule has 1 aromatic rings. The van der Waals surface area contributed by atoms with Crippen LogP contribution in [-0.4, -0.2) is 18.2 Å². The SMILES string of the molecule is COC(=O)/C(Cl)=N\Nc1cccc(C)c1C. The Morgan fingerprint density at radius 1 is 1.44 bits per heavy atom. The molecule has 0 aliphatic rings. The van der Waals surface area contributed by atoms with Crippen molar-refractivity contribution in [1.29, 1.82) is 0 Å². The second-order valence-electron chi connectivity index (χ2n) is 3.25. The summed E-state index contributed by atoms with van der Waals surface area (Å²) in [5.41, 5.74) is 5.72. The summed E-state index contributed by atoms with van der Waals surface area (Å²) in [4.78, 5) is 11.0. The molecule has 0 fully saturated rings. The molecule has 0 heterocycles. The highest BCUT2D eigenvalue weighted by atomic mass is 35.5. The Bertz CT molecular complexity index is 430. The predicted molar refractivity (Wildman–Crippen MR) is 64.8 cm³/mol. The smallest absolute Gasteiger partial charge is 0.370 e. The van der Waals surface area contributed by atoms with Crippen molar-refractivity contribution in [1.82, 2.24) is 0 Å². The number of benzene rings is 1. The molecule has 0 aromatic heterocycles. The monoisotopic (exact) mass is 240 g/mol. The molecule has 16 heavy (non-hydrogen) atoms. The van der Waals surface area contributed by atoms with Gasteiger partial charge in [0.2, 0.25) is 5.17 Å². The zero-order chi connectivity index (χ0) is 12.1. The van der Waals surface area contributed by atoms with Gasteiger partial charge < -0.3 is 4.74 Å². The van der Waals surface area contributed by atoms with E-state index in [2.05, 4.69) is 15.3 Å². The lowest BCUT2D eigenvalue weighted by Crippen LogP contribution is -2.11. The number of nitrogens with one attached hydrogen (secondary N) is 1. The number of aryl methyl sites for hydroxylation is 1. The highest BCUT2D eigenvalue weighted by Crippen LogP contribution is 2.17. The van der Waals surface area contributed by atoms with E-state index in [1.54, 1.807) is 0 Å². The van der Waals surface area contributed by atoms with Gasteiger partial charge in [0.15, 0.2) is 0 Å². The number of rotatable bonds is 3. The number of ether oxygens (including phenoxy) is 1. The Hall–Kier alpha value is -1.55. The number of halogens is 1. The van der Waals surface area contributed by atoms with Crippen LogP contribution < -0.4 is 5.43 Å². The summed E-state index contributed by atoms with van der Waals surface area (Å²) >= 11 is 5.59. The first-order valence-corrected chi connectivity index (χ1v) is 5.07. The molecule has 1 N–H and O–H groups in total. The summed E-state index contributed by atoms with van der Waals surface area (Å²) in [5.74, 6) is -0.667. The molecule has 0 spiro atoms. The van der Waals surface area contributed by atoms with Crippen molar-refractivity contribution in [2.24, 2.45) is 5.10 Å². The maximum absolute atomic E-state index is 11.0. The van der Waals surface area contributed by atoms with E-state index in [1.165, 1.54) is 7.11 Å². The van der Waals surface area contributed by atoms with E-state index in [0.29, 0.717) is 0 Å². The van der Waals surface area contributed by atoms with Gasteiger partial charge in [-0.1, -0.05) is 23.7 Å². The Labute approximate surface area is 99.2 Å². The highest BCUT2D eigenvalue weighted by Gasteiger charge is 2.07. The molecule has 0 radical (unpaired) electrons. The van der Waals surface area contributed by atoms with E-state index in [4.69, 9.17) is 11.6 Å². The minimum absolute atomic E-state index is 0.233. The number of esters is 1. The van der Waals surface area contributed by atoms with E-state index in [9.17, 15) is 4.79 Å². The van der Waals surface area contributed by atoms with Gasteiger partial charge in [0.05, 0.1) is 12.8 Å². The quantitative estimate of drug-likeness (QED) is 0.502. The maximum atomic E-state index is 11.0. The second kappa shape index (κ2) is 5.51. The fourth-order valence-corrected chi connectivity index (χ4v) is 1.23. The summed E-state index contributed by atoms with van der Waals surface area (Å²) in [7, 11) is 1.25. The number of hydrogen-bond acceptors (Lipinski definition) is 4. The summed E-state index contributed by atoms with van der Waals surface area (Å²) < 4.78 is 4.41. The first-order chi connectivity index (χ1) is 7.56. The Kier molecular flexibility index (Phi) is 4.31. The lowest BCUT2D eigenvalue weighted by Gasteiger charge is -2.07. The van der Waals surface area contributed by atoms with Gasteiger partial charge in [0.1, 0.15) is 0 Å². The van der Waals surface area contributed by atoms with Crippen LogP contribution in [-0.2, 0) is 9.53 Å². The molecule has 0 atom stereocenters. The lowest BCUT2D eigenvalue weighted by molar-refractivity contribution is -0.132. The van der Waals surface area contributed by atoms with Gasteiger partial charge in [-0.2, -0.15) is 5.10 Å². The van der Waals surface area contributed by atoms with Crippen LogP contribution in [0.2, 0.25) is 0 Å². The minimum Gasteiger partial charge on any atom is -0.464 e. The summed E-state index contributed by atoms with van der Waals surface area (Å²) in [5, 5.41) is 3.49. The zero-order valence-corrected chi connectivity index (χ0v) is 10.1. The average molecular weight is 241 g/mol. The van der Waals surface area contributed by atoms with Crippen LogP contribution in [0.5, 0.6) is 0 Å². The Morgan fingerprint density at radius 2 is 2.12 bits per heavy atom. The topological polar surface area (TPSA) is 50.7 Å². The average Bonchev–Trinajstić information content (AvgIpc) is 2.29. The van der Waals surface area contributed by atoms with Crippen LogP contribution in [0.1, 0.15) is 11.1 Å². The normalized spacial score (nSPS) is 11.1. The molecule has 0 saturated heterocycles. The van der Waals surface area contributed by atoms with E-state index in [1.807, 2.05) is 32.0 Å². The van der Waals surface area contributed by atoms with Gasteiger partial charge in [-0.15, -0.1) is 0 Å². The van der Waals surface area contributed by atoms with Gasteiger partial charge >= 0.3 is 5.97 Å². The van der Waals surface area contributed by atoms with Crippen molar-refractivity contribution in [3.63, 3.8) is 0 Å². The molecule has 4 nitrogen and oxygen atoms in total.